The molecule has 1 aromatic heterocycles. The predicted molar refractivity (Wildman–Crippen MR) is 79.4 cm³/mol. The predicted octanol–water partition coefficient (Wildman–Crippen LogP) is 4.38. The molecule has 1 unspecified atom stereocenters. The monoisotopic (exact) mass is 280 g/mol. The topological polar surface area (TPSA) is 25.8 Å². The molecule has 0 aliphatic heterocycles. The summed E-state index contributed by atoms with van der Waals surface area (Å²) in [6.07, 6.45) is 3.91. The van der Waals surface area contributed by atoms with Crippen molar-refractivity contribution in [3.63, 3.8) is 0 Å². The third kappa shape index (κ3) is 3.59. The molecule has 96 valence electrons. The van der Waals surface area contributed by atoms with Crippen molar-refractivity contribution in [3.8, 4) is 0 Å². The molecule has 0 N–H and O–H groups in total. The fourth-order valence-electron chi connectivity index (χ4n) is 1.78. The van der Waals surface area contributed by atoms with E-state index in [2.05, 4.69) is 23.0 Å². The van der Waals surface area contributed by atoms with Crippen LogP contribution in [0.4, 0.5) is 0 Å². The van der Waals surface area contributed by atoms with Crippen LogP contribution in [0.1, 0.15) is 19.8 Å². The fourth-order valence-corrected chi connectivity index (χ4v) is 3.32. The fraction of sp³-hybridized carbons (Fsp3) is 0.429. The van der Waals surface area contributed by atoms with Gasteiger partial charge in [0.2, 0.25) is 0 Å². The van der Waals surface area contributed by atoms with Gasteiger partial charge in [-0.05, 0) is 30.6 Å². The first kappa shape index (κ1) is 13.6. The summed E-state index contributed by atoms with van der Waals surface area (Å²) in [5.74, 6) is 2.52. The number of hydrogen-bond acceptors (Lipinski definition) is 3. The van der Waals surface area contributed by atoms with E-state index in [9.17, 15) is 0 Å². The summed E-state index contributed by atoms with van der Waals surface area (Å²) in [6, 6.07) is 8.15. The highest BCUT2D eigenvalue weighted by atomic mass is 35.5. The summed E-state index contributed by atoms with van der Waals surface area (Å²) in [4.78, 5) is 8.65. The summed E-state index contributed by atoms with van der Waals surface area (Å²) in [6.45, 7) is 2.25. The van der Waals surface area contributed by atoms with E-state index < -0.39 is 0 Å². The molecule has 0 aliphatic carbocycles. The maximum absolute atomic E-state index is 5.74. The SMILES string of the molecule is CC(CCCl)CCSc1ncnc2ccccc12. The Kier molecular flexibility index (Phi) is 5.26. The van der Waals surface area contributed by atoms with Crippen LogP contribution in [0, 0.1) is 5.92 Å². The zero-order valence-electron chi connectivity index (χ0n) is 10.5. The van der Waals surface area contributed by atoms with Crippen molar-refractivity contribution in [2.24, 2.45) is 5.92 Å². The largest absolute Gasteiger partial charge is 0.236 e. The number of benzene rings is 1. The maximum atomic E-state index is 5.74. The molecular formula is C14H17ClN2S. The number of thioether (sulfide) groups is 1. The highest BCUT2D eigenvalue weighted by molar-refractivity contribution is 7.99. The average Bonchev–Trinajstić information content (AvgIpc) is 2.39. The van der Waals surface area contributed by atoms with Crippen LogP contribution in [-0.2, 0) is 0 Å². The molecular weight excluding hydrogens is 264 g/mol. The number of hydrogen-bond donors (Lipinski definition) is 0. The van der Waals surface area contributed by atoms with Crippen LogP contribution in [0.5, 0.6) is 0 Å². The molecule has 0 bridgehead atoms. The van der Waals surface area contributed by atoms with Gasteiger partial charge in [-0.3, -0.25) is 0 Å². The van der Waals surface area contributed by atoms with Gasteiger partial charge in [-0.15, -0.1) is 23.4 Å². The third-order valence-electron chi connectivity index (χ3n) is 2.96. The molecule has 18 heavy (non-hydrogen) atoms. The second kappa shape index (κ2) is 6.95. The van der Waals surface area contributed by atoms with E-state index >= 15 is 0 Å². The highest BCUT2D eigenvalue weighted by Crippen LogP contribution is 2.25. The second-order valence-electron chi connectivity index (χ2n) is 4.42. The van der Waals surface area contributed by atoms with Gasteiger partial charge in [0.05, 0.1) is 5.52 Å². The first-order valence-electron chi connectivity index (χ1n) is 6.19. The van der Waals surface area contributed by atoms with E-state index in [0.29, 0.717) is 5.92 Å². The van der Waals surface area contributed by atoms with E-state index in [4.69, 9.17) is 11.6 Å². The molecule has 1 aromatic carbocycles. The Morgan fingerprint density at radius 1 is 1.22 bits per heavy atom. The number of rotatable bonds is 6. The Balaban J connectivity index is 1.99. The van der Waals surface area contributed by atoms with E-state index in [1.54, 1.807) is 6.33 Å². The molecule has 0 aliphatic rings. The standard InChI is InChI=1S/C14H17ClN2S/c1-11(6-8-15)7-9-18-14-12-4-2-3-5-13(12)16-10-17-14/h2-5,10-11H,6-9H2,1H3. The van der Waals surface area contributed by atoms with Gasteiger partial charge in [-0.1, -0.05) is 25.1 Å². The molecule has 2 rings (SSSR count). The van der Waals surface area contributed by atoms with Gasteiger partial charge in [0, 0.05) is 11.3 Å². The minimum Gasteiger partial charge on any atom is -0.236 e. The molecule has 4 heteroatoms. The molecule has 0 fully saturated rings. The van der Waals surface area contributed by atoms with Crippen molar-refractivity contribution in [3.05, 3.63) is 30.6 Å². The Morgan fingerprint density at radius 2 is 2.06 bits per heavy atom. The first-order chi connectivity index (χ1) is 8.81. The second-order valence-corrected chi connectivity index (χ2v) is 5.88. The highest BCUT2D eigenvalue weighted by Gasteiger charge is 2.05. The number of para-hydroxylation sites is 1. The van der Waals surface area contributed by atoms with Gasteiger partial charge in [0.15, 0.2) is 0 Å². The van der Waals surface area contributed by atoms with Crippen LogP contribution in [-0.4, -0.2) is 21.6 Å². The van der Waals surface area contributed by atoms with Crippen molar-refractivity contribution >= 4 is 34.3 Å². The smallest absolute Gasteiger partial charge is 0.117 e. The molecule has 0 saturated heterocycles. The Labute approximate surface area is 117 Å². The van der Waals surface area contributed by atoms with Crippen molar-refractivity contribution in [1.29, 1.82) is 0 Å². The van der Waals surface area contributed by atoms with Gasteiger partial charge >= 0.3 is 0 Å². The molecule has 0 radical (unpaired) electrons. The van der Waals surface area contributed by atoms with Gasteiger partial charge in [-0.25, -0.2) is 9.97 Å². The first-order valence-corrected chi connectivity index (χ1v) is 7.71. The molecule has 0 amide bonds. The lowest BCUT2D eigenvalue weighted by atomic mass is 10.1. The number of aromatic nitrogens is 2. The molecule has 1 heterocycles. The molecule has 0 spiro atoms. The van der Waals surface area contributed by atoms with Crippen LogP contribution in [0.25, 0.3) is 10.9 Å². The van der Waals surface area contributed by atoms with Crippen LogP contribution < -0.4 is 0 Å². The third-order valence-corrected chi connectivity index (χ3v) is 4.21. The van der Waals surface area contributed by atoms with Crippen LogP contribution in [0.2, 0.25) is 0 Å². The molecule has 0 saturated carbocycles. The summed E-state index contributed by atoms with van der Waals surface area (Å²) < 4.78 is 0. The van der Waals surface area contributed by atoms with E-state index in [1.165, 1.54) is 6.42 Å². The quantitative estimate of drug-likeness (QED) is 0.446. The summed E-state index contributed by atoms with van der Waals surface area (Å²) >= 11 is 7.55. The van der Waals surface area contributed by atoms with E-state index in [1.807, 2.05) is 30.0 Å². The van der Waals surface area contributed by atoms with Crippen molar-refractivity contribution in [1.82, 2.24) is 9.97 Å². The van der Waals surface area contributed by atoms with Gasteiger partial charge in [-0.2, -0.15) is 0 Å². The van der Waals surface area contributed by atoms with E-state index in [0.717, 1.165) is 34.0 Å². The molecule has 1 atom stereocenters. The van der Waals surface area contributed by atoms with Crippen molar-refractivity contribution < 1.29 is 0 Å². The minimum atomic E-state index is 0.683. The normalized spacial score (nSPS) is 12.8. The van der Waals surface area contributed by atoms with Crippen LogP contribution >= 0.6 is 23.4 Å². The van der Waals surface area contributed by atoms with Gasteiger partial charge < -0.3 is 0 Å². The number of fused-ring (bicyclic) bond motifs is 1. The number of halogens is 1. The van der Waals surface area contributed by atoms with Gasteiger partial charge in [0.1, 0.15) is 11.4 Å². The number of nitrogens with zero attached hydrogens (tertiary/aromatic N) is 2. The minimum absolute atomic E-state index is 0.683. The van der Waals surface area contributed by atoms with Crippen molar-refractivity contribution in [2.45, 2.75) is 24.8 Å². The zero-order chi connectivity index (χ0) is 12.8. The van der Waals surface area contributed by atoms with E-state index in [-0.39, 0.29) is 0 Å². The van der Waals surface area contributed by atoms with Gasteiger partial charge in [0.25, 0.3) is 0 Å². The molecule has 2 nitrogen and oxygen atoms in total. The summed E-state index contributed by atoms with van der Waals surface area (Å²) in [5, 5.41) is 2.23. The van der Waals surface area contributed by atoms with Crippen molar-refractivity contribution in [2.75, 3.05) is 11.6 Å². The number of alkyl halides is 1. The average molecular weight is 281 g/mol. The summed E-state index contributed by atoms with van der Waals surface area (Å²) in [7, 11) is 0. The zero-order valence-corrected chi connectivity index (χ0v) is 12.0. The van der Waals surface area contributed by atoms with Crippen LogP contribution in [0.15, 0.2) is 35.6 Å². The Hall–Kier alpha value is -0.800. The molecule has 2 aromatic rings. The lowest BCUT2D eigenvalue weighted by Crippen LogP contribution is -1.97. The Bertz CT molecular complexity index is 499. The maximum Gasteiger partial charge on any atom is 0.117 e. The van der Waals surface area contributed by atoms with Crippen LogP contribution in [0.3, 0.4) is 0 Å². The Morgan fingerprint density at radius 3 is 2.89 bits per heavy atom. The lowest BCUT2D eigenvalue weighted by molar-refractivity contribution is 0.552. The summed E-state index contributed by atoms with van der Waals surface area (Å²) in [5.41, 5.74) is 1.02. The lowest BCUT2D eigenvalue weighted by Gasteiger charge is -2.09.